The number of rotatable bonds is 3. The van der Waals surface area contributed by atoms with Gasteiger partial charge >= 0.3 is 0 Å². The quantitative estimate of drug-likeness (QED) is 0.625. The highest BCUT2D eigenvalue weighted by molar-refractivity contribution is 9.10. The number of allylic oxidation sites excluding steroid dienone is 2. The Hall–Kier alpha value is -1.95. The molecule has 2 saturated carbocycles. The topological polar surface area (TPSA) is 66.5 Å². The number of imide groups is 1. The van der Waals surface area contributed by atoms with E-state index in [2.05, 4.69) is 33.4 Å². The molecule has 128 valence electrons. The van der Waals surface area contributed by atoms with E-state index in [1.54, 1.807) is 12.1 Å². The van der Waals surface area contributed by atoms with E-state index in [1.807, 2.05) is 12.1 Å². The molecule has 1 aliphatic heterocycles. The summed E-state index contributed by atoms with van der Waals surface area (Å²) in [5.41, 5.74) is 0.646. The van der Waals surface area contributed by atoms with Crippen LogP contribution in [0.4, 0.5) is 5.69 Å². The van der Waals surface area contributed by atoms with E-state index < -0.39 is 0 Å². The Morgan fingerprint density at radius 2 is 1.60 bits per heavy atom. The van der Waals surface area contributed by atoms with Crippen molar-refractivity contribution in [3.8, 4) is 0 Å². The number of halogens is 1. The molecule has 6 atom stereocenters. The molecule has 5 nitrogen and oxygen atoms in total. The lowest BCUT2D eigenvalue weighted by Gasteiger charge is -2.37. The SMILES string of the molecule is O=C(CN1C(=O)[C@@H]2[C@H]3C=C[C@H]([C@H]4C[C@H]34)[C@@H]2C1=O)Nc1ccc(Br)cc1. The first-order valence-corrected chi connectivity index (χ1v) is 9.43. The minimum atomic E-state index is -0.340. The summed E-state index contributed by atoms with van der Waals surface area (Å²) >= 11 is 3.34. The Morgan fingerprint density at radius 1 is 1.04 bits per heavy atom. The second-order valence-electron chi connectivity index (χ2n) is 7.47. The number of carbonyl (C=O) groups is 3. The van der Waals surface area contributed by atoms with Crippen molar-refractivity contribution in [1.82, 2.24) is 4.90 Å². The molecule has 0 aromatic heterocycles. The Morgan fingerprint density at radius 3 is 2.16 bits per heavy atom. The molecule has 3 amide bonds. The molecule has 2 bridgehead atoms. The molecule has 1 N–H and O–H groups in total. The van der Waals surface area contributed by atoms with Gasteiger partial charge < -0.3 is 5.32 Å². The molecule has 6 heteroatoms. The standard InChI is InChI=1S/C19H17BrN2O3/c20-9-1-3-10(4-2-9)21-15(23)8-22-18(24)16-11-5-6-12(14-7-13(11)14)17(16)19(22)25/h1-6,11-14,16-17H,7-8H2,(H,21,23)/t11-,12+,13-,14-,16+,17-/m1/s1. The molecule has 25 heavy (non-hydrogen) atoms. The molecular weight excluding hydrogens is 384 g/mol. The van der Waals surface area contributed by atoms with Gasteiger partial charge in [0.25, 0.3) is 0 Å². The van der Waals surface area contributed by atoms with E-state index in [0.717, 1.165) is 10.9 Å². The number of hydrogen-bond donors (Lipinski definition) is 1. The van der Waals surface area contributed by atoms with Gasteiger partial charge in [-0.15, -0.1) is 0 Å². The average Bonchev–Trinajstić information content (AvgIpc) is 3.38. The van der Waals surface area contributed by atoms with E-state index in [-0.39, 0.29) is 47.9 Å². The Bertz CT molecular complexity index is 782. The summed E-state index contributed by atoms with van der Waals surface area (Å²) < 4.78 is 0.918. The minimum absolute atomic E-state index is 0.161. The van der Waals surface area contributed by atoms with Crippen LogP contribution in [0, 0.1) is 35.5 Å². The molecule has 3 fully saturated rings. The van der Waals surface area contributed by atoms with Crippen molar-refractivity contribution < 1.29 is 14.4 Å². The smallest absolute Gasteiger partial charge is 0.244 e. The second kappa shape index (κ2) is 5.27. The highest BCUT2D eigenvalue weighted by atomic mass is 79.9. The lowest BCUT2D eigenvalue weighted by atomic mass is 9.63. The number of amides is 3. The molecule has 0 unspecified atom stereocenters. The molecule has 0 spiro atoms. The van der Waals surface area contributed by atoms with Crippen molar-refractivity contribution in [2.75, 3.05) is 11.9 Å². The normalized spacial score (nSPS) is 37.1. The summed E-state index contributed by atoms with van der Waals surface area (Å²) in [4.78, 5) is 39.1. The van der Waals surface area contributed by atoms with Crippen LogP contribution < -0.4 is 5.32 Å². The zero-order valence-corrected chi connectivity index (χ0v) is 15.0. The first-order chi connectivity index (χ1) is 12.0. The monoisotopic (exact) mass is 400 g/mol. The first-order valence-electron chi connectivity index (χ1n) is 8.63. The molecule has 4 aliphatic carbocycles. The van der Waals surface area contributed by atoms with E-state index in [4.69, 9.17) is 0 Å². The number of hydrogen-bond acceptors (Lipinski definition) is 3. The number of carbonyl (C=O) groups excluding carboxylic acids is 3. The third-order valence-corrected chi connectivity index (χ3v) is 6.71. The van der Waals surface area contributed by atoms with Crippen LogP contribution in [0.15, 0.2) is 40.9 Å². The molecule has 0 radical (unpaired) electrons. The van der Waals surface area contributed by atoms with Crippen LogP contribution >= 0.6 is 15.9 Å². The van der Waals surface area contributed by atoms with Crippen LogP contribution in [0.25, 0.3) is 0 Å². The predicted molar refractivity (Wildman–Crippen MR) is 94.2 cm³/mol. The molecule has 1 aromatic rings. The molecule has 1 heterocycles. The Labute approximate surface area is 153 Å². The highest BCUT2D eigenvalue weighted by Gasteiger charge is 2.67. The van der Waals surface area contributed by atoms with Crippen molar-refractivity contribution in [3.63, 3.8) is 0 Å². The maximum Gasteiger partial charge on any atom is 0.244 e. The van der Waals surface area contributed by atoms with Crippen molar-refractivity contribution >= 4 is 39.3 Å². The summed E-state index contributed by atoms with van der Waals surface area (Å²) in [5, 5.41) is 2.75. The van der Waals surface area contributed by atoms with E-state index in [9.17, 15) is 14.4 Å². The fourth-order valence-corrected chi connectivity index (χ4v) is 5.32. The van der Waals surface area contributed by atoms with Crippen LogP contribution in [0.5, 0.6) is 0 Å². The van der Waals surface area contributed by atoms with Crippen molar-refractivity contribution in [2.24, 2.45) is 35.5 Å². The maximum atomic E-state index is 12.8. The fourth-order valence-electron chi connectivity index (χ4n) is 5.05. The Kier molecular flexibility index (Phi) is 3.23. The van der Waals surface area contributed by atoms with Gasteiger partial charge in [0.05, 0.1) is 11.8 Å². The highest BCUT2D eigenvalue weighted by Crippen LogP contribution is 2.65. The van der Waals surface area contributed by atoms with Crippen LogP contribution in [0.2, 0.25) is 0 Å². The predicted octanol–water partition coefficient (Wildman–Crippen LogP) is 2.44. The van der Waals surface area contributed by atoms with Crippen molar-refractivity contribution in [3.05, 3.63) is 40.9 Å². The van der Waals surface area contributed by atoms with Gasteiger partial charge in [-0.25, -0.2) is 0 Å². The Balaban J connectivity index is 1.32. The zero-order chi connectivity index (χ0) is 17.3. The van der Waals surface area contributed by atoms with Crippen LogP contribution in [-0.4, -0.2) is 29.2 Å². The van der Waals surface area contributed by atoms with Gasteiger partial charge in [-0.3, -0.25) is 19.3 Å². The lowest BCUT2D eigenvalue weighted by Crippen LogP contribution is -2.40. The number of nitrogens with zero attached hydrogens (tertiary/aromatic N) is 1. The molecule has 1 saturated heterocycles. The fraction of sp³-hybridized carbons (Fsp3) is 0.421. The first kappa shape index (κ1) is 15.3. The number of anilines is 1. The van der Waals surface area contributed by atoms with Crippen molar-refractivity contribution in [2.45, 2.75) is 6.42 Å². The number of benzene rings is 1. The van der Waals surface area contributed by atoms with Crippen LogP contribution in [0.1, 0.15) is 6.42 Å². The van der Waals surface area contributed by atoms with Gasteiger partial charge in [0, 0.05) is 10.2 Å². The third-order valence-electron chi connectivity index (χ3n) is 6.18. The van der Waals surface area contributed by atoms with Gasteiger partial charge in [0.2, 0.25) is 17.7 Å². The average molecular weight is 401 g/mol. The lowest BCUT2D eigenvalue weighted by molar-refractivity contribution is -0.142. The molecule has 6 rings (SSSR count). The van der Waals surface area contributed by atoms with Crippen molar-refractivity contribution in [1.29, 1.82) is 0 Å². The summed E-state index contributed by atoms with van der Waals surface area (Å²) in [6, 6.07) is 7.19. The summed E-state index contributed by atoms with van der Waals surface area (Å²) in [5.74, 6) is 0.379. The molecule has 5 aliphatic rings. The van der Waals surface area contributed by atoms with Crippen LogP contribution in [0.3, 0.4) is 0 Å². The van der Waals surface area contributed by atoms with E-state index in [0.29, 0.717) is 17.5 Å². The van der Waals surface area contributed by atoms with Gasteiger partial charge in [0.1, 0.15) is 6.54 Å². The third kappa shape index (κ3) is 2.23. The summed E-state index contributed by atoms with van der Waals surface area (Å²) in [6.07, 6.45) is 5.41. The zero-order valence-electron chi connectivity index (χ0n) is 13.4. The van der Waals surface area contributed by atoms with Crippen LogP contribution in [-0.2, 0) is 14.4 Å². The summed E-state index contributed by atoms with van der Waals surface area (Å²) in [7, 11) is 0. The van der Waals surface area contributed by atoms with Gasteiger partial charge in [-0.1, -0.05) is 28.1 Å². The minimum Gasteiger partial charge on any atom is -0.325 e. The number of nitrogens with one attached hydrogen (secondary N) is 1. The molecule has 1 aromatic carbocycles. The maximum absolute atomic E-state index is 12.8. The second-order valence-corrected chi connectivity index (χ2v) is 8.39. The van der Waals surface area contributed by atoms with E-state index >= 15 is 0 Å². The van der Waals surface area contributed by atoms with Gasteiger partial charge in [-0.05, 0) is 54.4 Å². The van der Waals surface area contributed by atoms with Gasteiger partial charge in [0.15, 0.2) is 0 Å². The van der Waals surface area contributed by atoms with Gasteiger partial charge in [-0.2, -0.15) is 0 Å². The largest absolute Gasteiger partial charge is 0.325 e. The summed E-state index contributed by atoms with van der Waals surface area (Å²) in [6.45, 7) is -0.199. The van der Waals surface area contributed by atoms with E-state index in [1.165, 1.54) is 4.90 Å². The number of likely N-dealkylation sites (tertiary alicyclic amines) is 1. The molecular formula is C19H17BrN2O3.